The van der Waals surface area contributed by atoms with Crippen molar-refractivity contribution in [2.45, 2.75) is 25.0 Å². The van der Waals surface area contributed by atoms with Gasteiger partial charge in [0.15, 0.2) is 5.82 Å². The minimum Gasteiger partial charge on any atom is -0.381 e. The van der Waals surface area contributed by atoms with Gasteiger partial charge < -0.3 is 20.1 Å². The van der Waals surface area contributed by atoms with E-state index in [-0.39, 0.29) is 6.10 Å². The Kier molecular flexibility index (Phi) is 5.33. The largest absolute Gasteiger partial charge is 0.381 e. The van der Waals surface area contributed by atoms with Gasteiger partial charge in [-0.05, 0) is 18.9 Å². The van der Waals surface area contributed by atoms with Gasteiger partial charge in [-0.3, -0.25) is 9.67 Å². The maximum Gasteiger partial charge on any atom is 0.154 e. The molecule has 0 saturated carbocycles. The number of ether oxygens (including phenoxy) is 2. The minimum atomic E-state index is 0.109. The van der Waals surface area contributed by atoms with E-state index in [1.165, 1.54) is 0 Å². The lowest BCUT2D eigenvalue weighted by molar-refractivity contribution is 0.0372. The van der Waals surface area contributed by atoms with Crippen LogP contribution >= 0.6 is 0 Å². The van der Waals surface area contributed by atoms with Gasteiger partial charge in [0, 0.05) is 57.0 Å². The lowest BCUT2D eigenvalue weighted by Gasteiger charge is -2.24. The Bertz CT molecular complexity index is 964. The molecule has 0 radical (unpaired) electrons. The molecule has 0 unspecified atom stereocenters. The standard InChI is InChI=1S/C20H25N7O2/c1-6-28-7-2-15(1)27-13-14(10-25-27)17-9-18-19(23-4-3-22-18)20(26-17)24-12-16-11-21-5-8-29-16/h3-4,9-10,13,15-16,21H,1-2,5-8,11-12H2,(H,24,26)/t16-/m0/s1. The van der Waals surface area contributed by atoms with Crippen molar-refractivity contribution in [2.75, 3.05) is 44.8 Å². The highest BCUT2D eigenvalue weighted by atomic mass is 16.5. The predicted molar refractivity (Wildman–Crippen MR) is 109 cm³/mol. The molecule has 5 rings (SSSR count). The monoisotopic (exact) mass is 395 g/mol. The van der Waals surface area contributed by atoms with Crippen molar-refractivity contribution in [1.82, 2.24) is 30.0 Å². The smallest absolute Gasteiger partial charge is 0.154 e. The molecule has 0 amide bonds. The van der Waals surface area contributed by atoms with Crippen molar-refractivity contribution >= 4 is 16.9 Å². The normalized spacial score (nSPS) is 20.8. The van der Waals surface area contributed by atoms with Crippen molar-refractivity contribution < 1.29 is 9.47 Å². The van der Waals surface area contributed by atoms with E-state index < -0.39 is 0 Å². The number of hydrogen-bond acceptors (Lipinski definition) is 8. The first-order valence-electron chi connectivity index (χ1n) is 10.2. The lowest BCUT2D eigenvalue weighted by Crippen LogP contribution is -2.42. The molecule has 1 atom stereocenters. The zero-order valence-electron chi connectivity index (χ0n) is 16.3. The second kappa shape index (κ2) is 8.40. The van der Waals surface area contributed by atoms with E-state index >= 15 is 0 Å². The summed E-state index contributed by atoms with van der Waals surface area (Å²) in [5.74, 6) is 0.721. The van der Waals surface area contributed by atoms with Gasteiger partial charge in [-0.15, -0.1) is 0 Å². The van der Waals surface area contributed by atoms with Gasteiger partial charge in [0.05, 0.1) is 36.2 Å². The Morgan fingerprint density at radius 3 is 2.93 bits per heavy atom. The third-order valence-electron chi connectivity index (χ3n) is 5.42. The van der Waals surface area contributed by atoms with Gasteiger partial charge in [-0.1, -0.05) is 0 Å². The fraction of sp³-hybridized carbons (Fsp3) is 0.500. The van der Waals surface area contributed by atoms with Crippen molar-refractivity contribution in [3.8, 4) is 11.3 Å². The summed E-state index contributed by atoms with van der Waals surface area (Å²) in [7, 11) is 0. The van der Waals surface area contributed by atoms with Crippen LogP contribution < -0.4 is 10.6 Å². The van der Waals surface area contributed by atoms with Gasteiger partial charge in [0.1, 0.15) is 5.52 Å². The number of fused-ring (bicyclic) bond motifs is 1. The van der Waals surface area contributed by atoms with E-state index in [9.17, 15) is 0 Å². The molecule has 2 saturated heterocycles. The summed E-state index contributed by atoms with van der Waals surface area (Å²) in [6.07, 6.45) is 9.42. The third-order valence-corrected chi connectivity index (χ3v) is 5.42. The Morgan fingerprint density at radius 2 is 2.07 bits per heavy atom. The van der Waals surface area contributed by atoms with Crippen molar-refractivity contribution in [3.63, 3.8) is 0 Å². The Hall–Kier alpha value is -2.62. The number of nitrogens with zero attached hydrogens (tertiary/aromatic N) is 5. The minimum absolute atomic E-state index is 0.109. The van der Waals surface area contributed by atoms with E-state index in [1.54, 1.807) is 12.4 Å². The molecular formula is C20H25N7O2. The summed E-state index contributed by atoms with van der Waals surface area (Å²) in [5.41, 5.74) is 3.38. The van der Waals surface area contributed by atoms with Gasteiger partial charge in [0.2, 0.25) is 0 Å². The second-order valence-corrected chi connectivity index (χ2v) is 7.41. The predicted octanol–water partition coefficient (Wildman–Crippen LogP) is 1.64. The summed E-state index contributed by atoms with van der Waals surface area (Å²) in [4.78, 5) is 13.8. The fourth-order valence-corrected chi connectivity index (χ4v) is 3.82. The maximum absolute atomic E-state index is 5.78. The summed E-state index contributed by atoms with van der Waals surface area (Å²) in [5, 5.41) is 11.3. The number of nitrogens with one attached hydrogen (secondary N) is 2. The SMILES string of the molecule is c1cnc2c(NC[C@@H]3CNCCO3)nc(-c3cnn(C4CCOCC4)c3)cc2n1. The molecule has 0 aromatic carbocycles. The molecule has 9 nitrogen and oxygen atoms in total. The van der Waals surface area contributed by atoms with Crippen LogP contribution in [0.4, 0.5) is 5.82 Å². The van der Waals surface area contributed by atoms with Gasteiger partial charge in [0.25, 0.3) is 0 Å². The van der Waals surface area contributed by atoms with Crippen LogP contribution in [0.2, 0.25) is 0 Å². The summed E-state index contributed by atoms with van der Waals surface area (Å²) >= 11 is 0. The third kappa shape index (κ3) is 4.07. The second-order valence-electron chi connectivity index (χ2n) is 7.41. The van der Waals surface area contributed by atoms with Crippen LogP contribution in [-0.4, -0.2) is 70.3 Å². The van der Waals surface area contributed by atoms with Gasteiger partial charge in [-0.25, -0.2) is 9.97 Å². The number of morpholine rings is 1. The van der Waals surface area contributed by atoms with Crippen LogP contribution in [0.15, 0.2) is 30.9 Å². The zero-order valence-corrected chi connectivity index (χ0v) is 16.3. The first kappa shape index (κ1) is 18.4. The van der Waals surface area contributed by atoms with Crippen molar-refractivity contribution in [2.24, 2.45) is 0 Å². The van der Waals surface area contributed by atoms with Gasteiger partial charge in [-0.2, -0.15) is 5.10 Å². The van der Waals surface area contributed by atoms with E-state index in [0.717, 1.165) is 73.9 Å². The highest BCUT2D eigenvalue weighted by molar-refractivity contribution is 5.88. The number of anilines is 1. The van der Waals surface area contributed by atoms with Crippen LogP contribution in [0.5, 0.6) is 0 Å². The van der Waals surface area contributed by atoms with E-state index in [1.807, 2.05) is 16.9 Å². The van der Waals surface area contributed by atoms with E-state index in [2.05, 4.69) is 31.9 Å². The molecule has 5 heterocycles. The topological polar surface area (TPSA) is 99.0 Å². The number of pyridine rings is 1. The maximum atomic E-state index is 5.78. The molecule has 2 aliphatic heterocycles. The highest BCUT2D eigenvalue weighted by Crippen LogP contribution is 2.27. The van der Waals surface area contributed by atoms with Crippen LogP contribution in [0.1, 0.15) is 18.9 Å². The number of rotatable bonds is 5. The molecule has 2 N–H and O–H groups in total. The average molecular weight is 395 g/mol. The lowest BCUT2D eigenvalue weighted by atomic mass is 10.1. The Morgan fingerprint density at radius 1 is 1.17 bits per heavy atom. The van der Waals surface area contributed by atoms with Crippen LogP contribution in [0.25, 0.3) is 22.3 Å². The Balaban J connectivity index is 1.42. The summed E-state index contributed by atoms with van der Waals surface area (Å²) < 4.78 is 13.3. The van der Waals surface area contributed by atoms with Crippen molar-refractivity contribution in [1.29, 1.82) is 0 Å². The zero-order chi connectivity index (χ0) is 19.5. The first-order valence-corrected chi connectivity index (χ1v) is 10.2. The molecule has 0 spiro atoms. The first-order chi connectivity index (χ1) is 14.4. The molecule has 3 aromatic rings. The highest BCUT2D eigenvalue weighted by Gasteiger charge is 2.19. The fourth-order valence-electron chi connectivity index (χ4n) is 3.82. The quantitative estimate of drug-likeness (QED) is 0.673. The van der Waals surface area contributed by atoms with Crippen LogP contribution in [0.3, 0.4) is 0 Å². The van der Waals surface area contributed by atoms with Crippen molar-refractivity contribution in [3.05, 3.63) is 30.9 Å². The molecule has 9 heteroatoms. The van der Waals surface area contributed by atoms with Gasteiger partial charge >= 0.3 is 0 Å². The molecule has 2 aliphatic rings. The Labute approximate surface area is 168 Å². The van der Waals surface area contributed by atoms with E-state index in [4.69, 9.17) is 14.5 Å². The molecule has 29 heavy (non-hydrogen) atoms. The molecule has 3 aromatic heterocycles. The molecule has 0 aliphatic carbocycles. The number of hydrogen-bond donors (Lipinski definition) is 2. The molecule has 2 fully saturated rings. The van der Waals surface area contributed by atoms with Crippen LogP contribution in [-0.2, 0) is 9.47 Å². The molecular weight excluding hydrogens is 370 g/mol. The number of aromatic nitrogens is 5. The van der Waals surface area contributed by atoms with E-state index in [0.29, 0.717) is 12.6 Å². The molecule has 152 valence electrons. The summed E-state index contributed by atoms with van der Waals surface area (Å²) in [6.45, 7) is 4.69. The van der Waals surface area contributed by atoms with Crippen LogP contribution in [0, 0.1) is 0 Å². The average Bonchev–Trinajstić information content (AvgIpc) is 3.29. The summed E-state index contributed by atoms with van der Waals surface area (Å²) in [6, 6.07) is 2.35. The molecule has 0 bridgehead atoms.